The number of hydrogen-bond acceptors (Lipinski definition) is 3. The van der Waals surface area contributed by atoms with E-state index < -0.39 is 21.7 Å². The predicted octanol–water partition coefficient (Wildman–Crippen LogP) is 1.53. The highest BCUT2D eigenvalue weighted by Gasteiger charge is 2.61. The molecule has 0 radical (unpaired) electrons. The second kappa shape index (κ2) is 4.04. The van der Waals surface area contributed by atoms with Gasteiger partial charge in [-0.25, -0.2) is 8.42 Å². The van der Waals surface area contributed by atoms with E-state index in [-0.39, 0.29) is 0 Å². The molecule has 5 heteroatoms. The summed E-state index contributed by atoms with van der Waals surface area (Å²) in [6, 6.07) is 6.90. The molecule has 1 saturated carbocycles. The lowest BCUT2D eigenvalue weighted by Gasteiger charge is -2.50. The Bertz CT molecular complexity index is 596. The van der Waals surface area contributed by atoms with Gasteiger partial charge in [-0.15, -0.1) is 0 Å². The monoisotopic (exact) mass is 281 g/mol. The second-order valence-electron chi connectivity index (χ2n) is 5.85. The van der Waals surface area contributed by atoms with Gasteiger partial charge in [-0.1, -0.05) is 17.7 Å². The number of nitrogens with zero attached hydrogens (tertiary/aromatic N) is 1. The van der Waals surface area contributed by atoms with Crippen LogP contribution in [0.5, 0.6) is 0 Å². The lowest BCUT2D eigenvalue weighted by Crippen LogP contribution is -2.63. The summed E-state index contributed by atoms with van der Waals surface area (Å²) < 4.78 is 26.9. The summed E-state index contributed by atoms with van der Waals surface area (Å²) in [6.45, 7) is 4.30. The van der Waals surface area contributed by atoms with Gasteiger partial charge in [0.1, 0.15) is 0 Å². The van der Waals surface area contributed by atoms with Crippen LogP contribution in [0.25, 0.3) is 0 Å². The molecule has 1 aliphatic heterocycles. The zero-order chi connectivity index (χ0) is 13.8. The standard InChI is InChI=1S/C14H19NO3S/c1-10-3-5-12(6-4-10)19(17,18)15-8-7-11-9-13(16)14(11,15)2/h3-6,11,13,16H,7-9H2,1-2H3/t11-,13?,14-/m0/s1. The van der Waals surface area contributed by atoms with Crippen molar-refractivity contribution >= 4 is 10.0 Å². The predicted molar refractivity (Wildman–Crippen MR) is 72.2 cm³/mol. The lowest BCUT2D eigenvalue weighted by molar-refractivity contribution is -0.0740. The molecule has 0 aromatic heterocycles. The number of aliphatic hydroxyl groups is 1. The Balaban J connectivity index is 1.99. The lowest BCUT2D eigenvalue weighted by atomic mass is 9.67. The Morgan fingerprint density at radius 3 is 2.53 bits per heavy atom. The van der Waals surface area contributed by atoms with Gasteiger partial charge in [0.05, 0.1) is 16.5 Å². The molecule has 1 saturated heterocycles. The average molecular weight is 281 g/mol. The number of rotatable bonds is 2. The van der Waals surface area contributed by atoms with E-state index in [1.54, 1.807) is 24.3 Å². The van der Waals surface area contributed by atoms with Gasteiger partial charge in [-0.2, -0.15) is 4.31 Å². The summed E-state index contributed by atoms with van der Waals surface area (Å²) in [5.74, 6) is 0.294. The fourth-order valence-electron chi connectivity index (χ4n) is 3.37. The summed E-state index contributed by atoms with van der Waals surface area (Å²) in [4.78, 5) is 0.319. The second-order valence-corrected chi connectivity index (χ2v) is 7.72. The van der Waals surface area contributed by atoms with Gasteiger partial charge in [0.25, 0.3) is 0 Å². The first-order valence-electron chi connectivity index (χ1n) is 6.64. The van der Waals surface area contributed by atoms with Crippen LogP contribution in [0.4, 0.5) is 0 Å². The van der Waals surface area contributed by atoms with E-state index in [2.05, 4.69) is 0 Å². The fourth-order valence-corrected chi connectivity index (χ4v) is 5.24. The van der Waals surface area contributed by atoms with E-state index in [4.69, 9.17) is 0 Å². The molecule has 104 valence electrons. The van der Waals surface area contributed by atoms with Crippen LogP contribution in [0.1, 0.15) is 25.3 Å². The van der Waals surface area contributed by atoms with Crippen molar-refractivity contribution in [1.29, 1.82) is 0 Å². The summed E-state index contributed by atoms with van der Waals surface area (Å²) >= 11 is 0. The van der Waals surface area contributed by atoms with E-state index >= 15 is 0 Å². The number of benzene rings is 1. The van der Waals surface area contributed by atoms with Crippen LogP contribution in [-0.4, -0.2) is 36.0 Å². The smallest absolute Gasteiger partial charge is 0.243 e. The molecule has 19 heavy (non-hydrogen) atoms. The minimum Gasteiger partial charge on any atom is -0.391 e. The number of sulfonamides is 1. The number of aryl methyl sites for hydroxylation is 1. The van der Waals surface area contributed by atoms with E-state index in [1.807, 2.05) is 13.8 Å². The van der Waals surface area contributed by atoms with Crippen molar-refractivity contribution in [2.45, 2.75) is 43.2 Å². The number of aliphatic hydroxyl groups excluding tert-OH is 1. The molecular formula is C14H19NO3S. The highest BCUT2D eigenvalue weighted by atomic mass is 32.2. The van der Waals surface area contributed by atoms with E-state index in [1.165, 1.54) is 4.31 Å². The molecule has 1 aromatic carbocycles. The van der Waals surface area contributed by atoms with Crippen LogP contribution in [0.3, 0.4) is 0 Å². The maximum Gasteiger partial charge on any atom is 0.243 e. The highest BCUT2D eigenvalue weighted by Crippen LogP contribution is 2.51. The van der Waals surface area contributed by atoms with Crippen molar-refractivity contribution in [3.63, 3.8) is 0 Å². The Labute approximate surface area is 114 Å². The van der Waals surface area contributed by atoms with Crippen molar-refractivity contribution in [2.24, 2.45) is 5.92 Å². The van der Waals surface area contributed by atoms with Crippen molar-refractivity contribution in [3.8, 4) is 0 Å². The van der Waals surface area contributed by atoms with Crippen molar-refractivity contribution < 1.29 is 13.5 Å². The molecule has 0 bridgehead atoms. The summed E-state index contributed by atoms with van der Waals surface area (Å²) in [5.41, 5.74) is 0.428. The average Bonchev–Trinajstić information content (AvgIpc) is 2.64. The molecule has 1 heterocycles. The van der Waals surface area contributed by atoms with Crippen LogP contribution < -0.4 is 0 Å². The molecule has 4 nitrogen and oxygen atoms in total. The summed E-state index contributed by atoms with van der Waals surface area (Å²) in [5, 5.41) is 10.00. The molecule has 1 N–H and O–H groups in total. The molecule has 0 spiro atoms. The van der Waals surface area contributed by atoms with Gasteiger partial charge in [0, 0.05) is 6.54 Å². The Kier molecular flexibility index (Phi) is 2.78. The first-order chi connectivity index (χ1) is 8.86. The summed E-state index contributed by atoms with van der Waals surface area (Å²) in [6.07, 6.45) is 1.02. The minimum absolute atomic E-state index is 0.294. The Hall–Kier alpha value is -0.910. The van der Waals surface area contributed by atoms with E-state index in [0.717, 1.165) is 18.4 Å². The van der Waals surface area contributed by atoms with Crippen LogP contribution in [0.2, 0.25) is 0 Å². The molecule has 1 aromatic rings. The third-order valence-electron chi connectivity index (χ3n) is 4.84. The maximum atomic E-state index is 12.7. The molecule has 0 amide bonds. The van der Waals surface area contributed by atoms with Crippen molar-refractivity contribution in [3.05, 3.63) is 29.8 Å². The molecular weight excluding hydrogens is 262 g/mol. The first-order valence-corrected chi connectivity index (χ1v) is 8.08. The van der Waals surface area contributed by atoms with Crippen LogP contribution >= 0.6 is 0 Å². The normalized spacial score (nSPS) is 34.9. The fraction of sp³-hybridized carbons (Fsp3) is 0.571. The first kappa shape index (κ1) is 13.1. The number of hydrogen-bond donors (Lipinski definition) is 1. The topological polar surface area (TPSA) is 57.6 Å². The molecule has 2 fully saturated rings. The zero-order valence-electron chi connectivity index (χ0n) is 11.2. The van der Waals surface area contributed by atoms with Crippen LogP contribution in [0.15, 0.2) is 29.2 Å². The van der Waals surface area contributed by atoms with Gasteiger partial charge in [-0.3, -0.25) is 0 Å². The minimum atomic E-state index is -3.50. The Morgan fingerprint density at radius 2 is 1.95 bits per heavy atom. The SMILES string of the molecule is Cc1ccc(S(=O)(=O)N2CC[C@H]3CC(O)[C@]32C)cc1. The molecule has 1 unspecified atom stereocenters. The van der Waals surface area contributed by atoms with Gasteiger partial charge in [0.15, 0.2) is 0 Å². The highest BCUT2D eigenvalue weighted by molar-refractivity contribution is 7.89. The van der Waals surface area contributed by atoms with Gasteiger partial charge in [-0.05, 0) is 44.7 Å². The largest absolute Gasteiger partial charge is 0.391 e. The van der Waals surface area contributed by atoms with Crippen LogP contribution in [0, 0.1) is 12.8 Å². The van der Waals surface area contributed by atoms with Gasteiger partial charge in [0.2, 0.25) is 10.0 Å². The van der Waals surface area contributed by atoms with Crippen molar-refractivity contribution in [2.75, 3.05) is 6.54 Å². The molecule has 2 aliphatic rings. The van der Waals surface area contributed by atoms with E-state index in [9.17, 15) is 13.5 Å². The van der Waals surface area contributed by atoms with Gasteiger partial charge < -0.3 is 5.11 Å². The zero-order valence-corrected chi connectivity index (χ0v) is 12.0. The quantitative estimate of drug-likeness (QED) is 0.894. The summed E-state index contributed by atoms with van der Waals surface area (Å²) in [7, 11) is -3.50. The van der Waals surface area contributed by atoms with Crippen LogP contribution in [-0.2, 0) is 10.0 Å². The third-order valence-corrected chi connectivity index (χ3v) is 6.86. The molecule has 3 rings (SSSR count). The maximum absolute atomic E-state index is 12.7. The Morgan fingerprint density at radius 1 is 1.32 bits per heavy atom. The molecule has 1 aliphatic carbocycles. The van der Waals surface area contributed by atoms with Crippen molar-refractivity contribution in [1.82, 2.24) is 4.31 Å². The number of fused-ring (bicyclic) bond motifs is 1. The van der Waals surface area contributed by atoms with E-state index in [0.29, 0.717) is 17.4 Å². The third kappa shape index (κ3) is 1.68. The van der Waals surface area contributed by atoms with Gasteiger partial charge >= 0.3 is 0 Å². The molecule has 3 atom stereocenters.